The van der Waals surface area contributed by atoms with Gasteiger partial charge < -0.3 is 10.5 Å². The molecule has 0 saturated carbocycles. The third-order valence-corrected chi connectivity index (χ3v) is 5.78. The Hall–Kier alpha value is -1.26. The Morgan fingerprint density at radius 2 is 1.92 bits per heavy atom. The Bertz CT molecular complexity index is 753. The Labute approximate surface area is 158 Å². The van der Waals surface area contributed by atoms with Crippen molar-refractivity contribution in [2.75, 3.05) is 13.1 Å². The average Bonchev–Trinajstić information content (AvgIpc) is 2.95. The smallest absolute Gasteiger partial charge is 0.140 e. The first-order valence-electron chi connectivity index (χ1n) is 8.81. The van der Waals surface area contributed by atoms with Gasteiger partial charge in [0.25, 0.3) is 0 Å². The predicted octanol–water partition coefficient (Wildman–Crippen LogP) is 4.46. The van der Waals surface area contributed by atoms with Gasteiger partial charge in [-0.3, -0.25) is 4.90 Å². The van der Waals surface area contributed by atoms with Crippen molar-refractivity contribution >= 4 is 23.2 Å². The highest BCUT2D eigenvalue weighted by atomic mass is 35.5. The lowest BCUT2D eigenvalue weighted by atomic mass is 10.0. The number of nitrogens with two attached hydrogens (primary N) is 1. The Morgan fingerprint density at radius 1 is 1.12 bits per heavy atom. The molecule has 0 amide bonds. The lowest BCUT2D eigenvalue weighted by molar-refractivity contribution is 0.0593. The van der Waals surface area contributed by atoms with Crippen LogP contribution < -0.4 is 10.5 Å². The molecule has 0 radical (unpaired) electrons. The Balaban J connectivity index is 1.69. The molecule has 2 N–H and O–H groups in total. The zero-order valence-electron chi connectivity index (χ0n) is 14.0. The van der Waals surface area contributed by atoms with Gasteiger partial charge in [-0.15, -0.1) is 0 Å². The van der Waals surface area contributed by atoms with Gasteiger partial charge in [0.1, 0.15) is 11.9 Å². The van der Waals surface area contributed by atoms with Gasteiger partial charge in [0, 0.05) is 28.2 Å². The van der Waals surface area contributed by atoms with E-state index in [-0.39, 0.29) is 18.2 Å². The SMILES string of the molecule is N[C@@H]1CCCN([C@@H]2Cc3c(Cl)cc(Cl)cc3[C@H]2Oc2ccccc2)C1. The molecule has 2 aromatic rings. The van der Waals surface area contributed by atoms with E-state index in [1.54, 1.807) is 0 Å². The number of benzene rings is 2. The van der Waals surface area contributed by atoms with E-state index in [9.17, 15) is 0 Å². The number of para-hydroxylation sites is 1. The third kappa shape index (κ3) is 3.52. The molecular formula is C20H22Cl2N2O. The van der Waals surface area contributed by atoms with E-state index in [4.69, 9.17) is 33.7 Å². The molecule has 0 spiro atoms. The topological polar surface area (TPSA) is 38.5 Å². The summed E-state index contributed by atoms with van der Waals surface area (Å²) in [5, 5.41) is 1.38. The van der Waals surface area contributed by atoms with Crippen molar-refractivity contribution in [3.8, 4) is 5.75 Å². The van der Waals surface area contributed by atoms with Crippen LogP contribution in [0.25, 0.3) is 0 Å². The minimum absolute atomic E-state index is 0.0844. The van der Waals surface area contributed by atoms with Crippen molar-refractivity contribution in [1.82, 2.24) is 4.90 Å². The second-order valence-corrected chi connectivity index (χ2v) is 7.82. The molecule has 1 fully saturated rings. The van der Waals surface area contributed by atoms with E-state index in [0.717, 1.165) is 54.3 Å². The van der Waals surface area contributed by atoms with E-state index < -0.39 is 0 Å². The number of hydrogen-bond acceptors (Lipinski definition) is 3. The first-order valence-corrected chi connectivity index (χ1v) is 9.56. The van der Waals surface area contributed by atoms with Crippen LogP contribution in [0.4, 0.5) is 0 Å². The lowest BCUT2D eigenvalue weighted by Gasteiger charge is -2.38. The number of halogens is 2. The molecule has 1 heterocycles. The van der Waals surface area contributed by atoms with Crippen LogP contribution in [0.1, 0.15) is 30.1 Å². The average molecular weight is 377 g/mol. The van der Waals surface area contributed by atoms with Gasteiger partial charge in [-0.2, -0.15) is 0 Å². The van der Waals surface area contributed by atoms with E-state index in [1.807, 2.05) is 42.5 Å². The van der Waals surface area contributed by atoms with Crippen LogP contribution in [0.3, 0.4) is 0 Å². The van der Waals surface area contributed by atoms with Crippen LogP contribution in [0.5, 0.6) is 5.75 Å². The number of fused-ring (bicyclic) bond motifs is 1. The van der Waals surface area contributed by atoms with Gasteiger partial charge in [0.05, 0.1) is 6.04 Å². The Morgan fingerprint density at radius 3 is 2.68 bits per heavy atom. The van der Waals surface area contributed by atoms with Crippen LogP contribution in [0, 0.1) is 0 Å². The summed E-state index contributed by atoms with van der Waals surface area (Å²) in [6.45, 7) is 1.95. The maximum absolute atomic E-state index is 6.49. The largest absolute Gasteiger partial charge is 0.484 e. The molecule has 1 aliphatic heterocycles. The first kappa shape index (κ1) is 17.2. The number of piperidine rings is 1. The fourth-order valence-electron chi connectivity index (χ4n) is 4.07. The third-order valence-electron chi connectivity index (χ3n) is 5.23. The summed E-state index contributed by atoms with van der Waals surface area (Å²) in [6, 6.07) is 14.2. The molecule has 0 unspecified atom stereocenters. The molecule has 2 aromatic carbocycles. The highest BCUT2D eigenvalue weighted by Gasteiger charge is 2.40. The summed E-state index contributed by atoms with van der Waals surface area (Å²) >= 11 is 12.8. The molecule has 3 atom stereocenters. The second kappa shape index (κ2) is 7.16. The molecule has 5 heteroatoms. The molecule has 2 aliphatic rings. The first-order chi connectivity index (χ1) is 12.1. The highest BCUT2D eigenvalue weighted by molar-refractivity contribution is 6.35. The summed E-state index contributed by atoms with van der Waals surface area (Å²) in [4.78, 5) is 2.46. The van der Waals surface area contributed by atoms with Crippen molar-refractivity contribution in [2.24, 2.45) is 5.73 Å². The maximum Gasteiger partial charge on any atom is 0.140 e. The van der Waals surface area contributed by atoms with Crippen LogP contribution in [0.2, 0.25) is 10.0 Å². The van der Waals surface area contributed by atoms with E-state index in [2.05, 4.69) is 4.90 Å². The maximum atomic E-state index is 6.49. The van der Waals surface area contributed by atoms with E-state index in [1.165, 1.54) is 0 Å². The van der Waals surface area contributed by atoms with Crippen molar-refractivity contribution in [1.29, 1.82) is 0 Å². The number of likely N-dealkylation sites (tertiary alicyclic amines) is 1. The van der Waals surface area contributed by atoms with Crippen molar-refractivity contribution in [3.05, 3.63) is 63.6 Å². The summed E-state index contributed by atoms with van der Waals surface area (Å²) in [6.07, 6.45) is 3.00. The summed E-state index contributed by atoms with van der Waals surface area (Å²) in [5.41, 5.74) is 8.47. The van der Waals surface area contributed by atoms with Crippen LogP contribution in [-0.2, 0) is 6.42 Å². The quantitative estimate of drug-likeness (QED) is 0.858. The molecule has 4 rings (SSSR count). The number of ether oxygens (including phenoxy) is 1. The molecule has 0 bridgehead atoms. The number of hydrogen-bond donors (Lipinski definition) is 1. The van der Waals surface area contributed by atoms with Gasteiger partial charge in [0.15, 0.2) is 0 Å². The normalized spacial score (nSPS) is 26.4. The number of rotatable bonds is 3. The van der Waals surface area contributed by atoms with Crippen LogP contribution >= 0.6 is 23.2 Å². The Kier molecular flexibility index (Phi) is 4.92. The summed E-state index contributed by atoms with van der Waals surface area (Å²) < 4.78 is 6.41. The van der Waals surface area contributed by atoms with Gasteiger partial charge in [-0.1, -0.05) is 41.4 Å². The molecule has 0 aromatic heterocycles. The lowest BCUT2D eigenvalue weighted by Crippen LogP contribution is -2.49. The van der Waals surface area contributed by atoms with Gasteiger partial charge in [0.2, 0.25) is 0 Å². The molecule has 1 aliphatic carbocycles. The zero-order valence-corrected chi connectivity index (χ0v) is 15.5. The minimum Gasteiger partial charge on any atom is -0.484 e. The minimum atomic E-state index is -0.0844. The number of nitrogens with zero attached hydrogens (tertiary/aromatic N) is 1. The molecule has 25 heavy (non-hydrogen) atoms. The van der Waals surface area contributed by atoms with E-state index in [0.29, 0.717) is 5.02 Å². The van der Waals surface area contributed by atoms with Gasteiger partial charge in [-0.05, 0) is 55.6 Å². The standard InChI is InChI=1S/C20H22Cl2N2O/c21-13-9-17-16(18(22)10-13)11-19(24-8-4-5-14(23)12-24)20(17)25-15-6-2-1-3-7-15/h1-3,6-7,9-10,14,19-20H,4-5,8,11-12,23H2/t14-,19-,20-/m1/s1. The van der Waals surface area contributed by atoms with Crippen molar-refractivity contribution < 1.29 is 4.74 Å². The summed E-state index contributed by atoms with van der Waals surface area (Å²) in [5.74, 6) is 0.864. The molecule has 3 nitrogen and oxygen atoms in total. The van der Waals surface area contributed by atoms with Gasteiger partial charge in [-0.25, -0.2) is 0 Å². The van der Waals surface area contributed by atoms with Gasteiger partial charge >= 0.3 is 0 Å². The highest BCUT2D eigenvalue weighted by Crippen LogP contribution is 2.43. The molecule has 1 saturated heterocycles. The van der Waals surface area contributed by atoms with Crippen LogP contribution in [0.15, 0.2) is 42.5 Å². The monoisotopic (exact) mass is 376 g/mol. The van der Waals surface area contributed by atoms with E-state index >= 15 is 0 Å². The molecular weight excluding hydrogens is 355 g/mol. The summed E-state index contributed by atoms with van der Waals surface area (Å²) in [7, 11) is 0. The fourth-order valence-corrected chi connectivity index (χ4v) is 4.65. The van der Waals surface area contributed by atoms with Crippen molar-refractivity contribution in [3.63, 3.8) is 0 Å². The van der Waals surface area contributed by atoms with Crippen LogP contribution in [-0.4, -0.2) is 30.1 Å². The second-order valence-electron chi connectivity index (χ2n) is 6.98. The molecule has 132 valence electrons. The predicted molar refractivity (Wildman–Crippen MR) is 103 cm³/mol. The zero-order chi connectivity index (χ0) is 17.4. The van der Waals surface area contributed by atoms with Crippen molar-refractivity contribution in [2.45, 2.75) is 37.5 Å². The fraction of sp³-hybridized carbons (Fsp3) is 0.400.